The Kier molecular flexibility index (Phi) is 4.62. The predicted octanol–water partition coefficient (Wildman–Crippen LogP) is 3.95. The van der Waals surface area contributed by atoms with E-state index < -0.39 is 0 Å². The van der Waals surface area contributed by atoms with Crippen molar-refractivity contribution in [1.29, 1.82) is 0 Å². The first-order valence-electron chi connectivity index (χ1n) is 7.80. The maximum Gasteiger partial charge on any atom is 0.154 e. The number of methoxy groups -OCH3 is 1. The molecule has 1 atom stereocenters. The molecular weight excluding hydrogens is 304 g/mol. The van der Waals surface area contributed by atoms with Crippen LogP contribution in [0.1, 0.15) is 30.0 Å². The highest BCUT2D eigenvalue weighted by molar-refractivity contribution is 8.13. The zero-order chi connectivity index (χ0) is 16.3. The van der Waals surface area contributed by atoms with E-state index in [1.165, 1.54) is 16.7 Å². The van der Waals surface area contributed by atoms with Gasteiger partial charge in [0, 0.05) is 12.2 Å². The van der Waals surface area contributed by atoms with Gasteiger partial charge in [-0.3, -0.25) is 4.99 Å². The first kappa shape index (κ1) is 15.9. The Morgan fingerprint density at radius 2 is 2.04 bits per heavy atom. The number of aliphatic imine (C=N–C) groups is 1. The van der Waals surface area contributed by atoms with Crippen molar-refractivity contribution in [1.82, 2.24) is 0 Å². The van der Waals surface area contributed by atoms with Crippen LogP contribution in [-0.2, 0) is 12.0 Å². The lowest BCUT2D eigenvalue weighted by molar-refractivity contribution is 0.410. The van der Waals surface area contributed by atoms with Crippen LogP contribution in [0.4, 0.5) is 0 Å². The Hall–Kier alpha value is -1.94. The molecule has 4 heteroatoms. The monoisotopic (exact) mass is 326 g/mol. The molecule has 0 aromatic heterocycles. The van der Waals surface area contributed by atoms with E-state index in [1.807, 2.05) is 18.2 Å². The normalized spacial score (nSPS) is 20.9. The molecule has 0 saturated heterocycles. The van der Waals surface area contributed by atoms with Gasteiger partial charge in [-0.1, -0.05) is 54.2 Å². The maximum absolute atomic E-state index is 5.94. The highest BCUT2D eigenvalue weighted by atomic mass is 32.2. The fourth-order valence-corrected chi connectivity index (χ4v) is 3.95. The van der Waals surface area contributed by atoms with Crippen molar-refractivity contribution in [3.63, 3.8) is 0 Å². The van der Waals surface area contributed by atoms with Crippen LogP contribution in [0.3, 0.4) is 0 Å². The summed E-state index contributed by atoms with van der Waals surface area (Å²) in [5.41, 5.74) is 9.42. The van der Waals surface area contributed by atoms with Crippen LogP contribution >= 0.6 is 11.8 Å². The van der Waals surface area contributed by atoms with Gasteiger partial charge in [0.2, 0.25) is 0 Å². The van der Waals surface area contributed by atoms with Crippen LogP contribution in [0.5, 0.6) is 5.75 Å². The van der Waals surface area contributed by atoms with Crippen molar-refractivity contribution < 1.29 is 4.74 Å². The quantitative estimate of drug-likeness (QED) is 0.925. The van der Waals surface area contributed by atoms with Crippen molar-refractivity contribution in [2.24, 2.45) is 10.7 Å². The third-order valence-corrected chi connectivity index (χ3v) is 5.13. The third kappa shape index (κ3) is 3.53. The fourth-order valence-electron chi connectivity index (χ4n) is 2.98. The van der Waals surface area contributed by atoms with Gasteiger partial charge in [-0.05, 0) is 36.1 Å². The van der Waals surface area contributed by atoms with Gasteiger partial charge in [-0.2, -0.15) is 0 Å². The lowest BCUT2D eigenvalue weighted by Gasteiger charge is -2.30. The lowest BCUT2D eigenvalue weighted by atomic mass is 9.88. The maximum atomic E-state index is 5.94. The van der Waals surface area contributed by atoms with E-state index in [0.29, 0.717) is 5.17 Å². The number of ether oxygens (including phenoxy) is 1. The van der Waals surface area contributed by atoms with Crippen LogP contribution in [-0.4, -0.2) is 18.0 Å². The summed E-state index contributed by atoms with van der Waals surface area (Å²) in [4.78, 5) is 4.70. The van der Waals surface area contributed by atoms with Crippen molar-refractivity contribution in [3.8, 4) is 5.75 Å². The number of nitrogens with zero attached hydrogens (tertiary/aromatic N) is 1. The molecule has 0 spiro atoms. The van der Waals surface area contributed by atoms with Gasteiger partial charge in [0.15, 0.2) is 5.17 Å². The molecule has 1 aliphatic heterocycles. The van der Waals surface area contributed by atoms with E-state index in [2.05, 4.69) is 37.3 Å². The molecule has 0 fully saturated rings. The van der Waals surface area contributed by atoms with Gasteiger partial charge in [-0.15, -0.1) is 0 Å². The van der Waals surface area contributed by atoms with E-state index in [1.54, 1.807) is 18.9 Å². The Balaban J connectivity index is 1.90. The second kappa shape index (κ2) is 6.67. The summed E-state index contributed by atoms with van der Waals surface area (Å²) in [5.74, 6) is 1.95. The average molecular weight is 326 g/mol. The van der Waals surface area contributed by atoms with Gasteiger partial charge < -0.3 is 10.5 Å². The molecule has 2 aromatic rings. The molecule has 3 rings (SSSR count). The fraction of sp³-hybridized carbons (Fsp3) is 0.316. The highest BCUT2D eigenvalue weighted by Gasteiger charge is 2.29. The largest absolute Gasteiger partial charge is 0.496 e. The minimum atomic E-state index is -0.216. The molecule has 1 aliphatic rings. The minimum absolute atomic E-state index is 0.216. The zero-order valence-electron chi connectivity index (χ0n) is 13.6. The molecule has 23 heavy (non-hydrogen) atoms. The summed E-state index contributed by atoms with van der Waals surface area (Å²) >= 11 is 1.64. The van der Waals surface area contributed by atoms with Gasteiger partial charge in [0.1, 0.15) is 5.75 Å². The van der Waals surface area contributed by atoms with Crippen molar-refractivity contribution >= 4 is 16.9 Å². The lowest BCUT2D eigenvalue weighted by Crippen LogP contribution is -2.28. The number of benzene rings is 2. The van der Waals surface area contributed by atoms with Gasteiger partial charge in [-0.25, -0.2) is 0 Å². The smallest absolute Gasteiger partial charge is 0.154 e. The molecule has 120 valence electrons. The Bertz CT molecular complexity index is 729. The molecule has 2 N–H and O–H groups in total. The topological polar surface area (TPSA) is 47.6 Å². The van der Waals surface area contributed by atoms with E-state index in [0.717, 1.165) is 24.3 Å². The number of rotatable bonds is 4. The summed E-state index contributed by atoms with van der Waals surface area (Å²) in [6.45, 7) is 2.17. The summed E-state index contributed by atoms with van der Waals surface area (Å²) in [5, 5.41) is 0.689. The van der Waals surface area contributed by atoms with Crippen molar-refractivity contribution in [3.05, 3.63) is 65.2 Å². The summed E-state index contributed by atoms with van der Waals surface area (Å²) in [6.07, 6.45) is 1.86. The molecule has 0 aliphatic carbocycles. The molecule has 0 unspecified atom stereocenters. The first-order chi connectivity index (χ1) is 11.1. The van der Waals surface area contributed by atoms with E-state index >= 15 is 0 Å². The van der Waals surface area contributed by atoms with Gasteiger partial charge >= 0.3 is 0 Å². The SMILES string of the molecule is COc1ccccc1Cc1cccc([C@]2(C)CCSC(N)=N2)c1. The summed E-state index contributed by atoms with van der Waals surface area (Å²) in [7, 11) is 1.72. The first-order valence-corrected chi connectivity index (χ1v) is 8.79. The number of nitrogens with two attached hydrogens (primary N) is 1. The molecule has 3 nitrogen and oxygen atoms in total. The van der Waals surface area contributed by atoms with Gasteiger partial charge in [0.05, 0.1) is 12.6 Å². The van der Waals surface area contributed by atoms with Crippen LogP contribution in [0.25, 0.3) is 0 Å². The second-order valence-corrected chi connectivity index (χ2v) is 7.13. The predicted molar refractivity (Wildman–Crippen MR) is 98.3 cm³/mol. The molecule has 0 radical (unpaired) electrons. The molecule has 0 bridgehead atoms. The van der Waals surface area contributed by atoms with E-state index in [9.17, 15) is 0 Å². The van der Waals surface area contributed by atoms with E-state index in [4.69, 9.17) is 15.5 Å². The van der Waals surface area contributed by atoms with Crippen LogP contribution in [0.2, 0.25) is 0 Å². The number of hydrogen-bond donors (Lipinski definition) is 1. The Morgan fingerprint density at radius 3 is 2.83 bits per heavy atom. The average Bonchev–Trinajstić information content (AvgIpc) is 2.55. The minimum Gasteiger partial charge on any atom is -0.496 e. The van der Waals surface area contributed by atoms with E-state index in [-0.39, 0.29) is 5.54 Å². The number of amidine groups is 1. The number of thioether (sulfide) groups is 1. The molecule has 0 amide bonds. The zero-order valence-corrected chi connectivity index (χ0v) is 14.4. The summed E-state index contributed by atoms with van der Waals surface area (Å²) in [6, 6.07) is 16.8. The highest BCUT2D eigenvalue weighted by Crippen LogP contribution is 2.35. The second-order valence-electron chi connectivity index (χ2n) is 6.01. The number of para-hydroxylation sites is 1. The molecule has 2 aromatic carbocycles. The summed E-state index contributed by atoms with van der Waals surface area (Å²) < 4.78 is 5.46. The molecular formula is C19H22N2OS. The van der Waals surface area contributed by atoms with Gasteiger partial charge in [0.25, 0.3) is 0 Å². The molecule has 1 heterocycles. The van der Waals surface area contributed by atoms with Crippen molar-refractivity contribution in [2.75, 3.05) is 12.9 Å². The Labute approximate surface area is 142 Å². The standard InChI is InChI=1S/C19H22N2OS/c1-19(10-11-23-18(20)21-19)16-8-5-6-14(13-16)12-15-7-3-4-9-17(15)22-2/h3-9,13H,10-12H2,1-2H3,(H2,20,21)/t19-/m0/s1. The third-order valence-electron chi connectivity index (χ3n) is 4.33. The van der Waals surface area contributed by atoms with Crippen LogP contribution < -0.4 is 10.5 Å². The van der Waals surface area contributed by atoms with Crippen LogP contribution in [0.15, 0.2) is 53.5 Å². The van der Waals surface area contributed by atoms with Crippen LogP contribution in [0, 0.1) is 0 Å². The Morgan fingerprint density at radius 1 is 1.22 bits per heavy atom. The van der Waals surface area contributed by atoms with Crippen molar-refractivity contribution in [2.45, 2.75) is 25.3 Å². The number of hydrogen-bond acceptors (Lipinski definition) is 4. The molecule has 0 saturated carbocycles.